The van der Waals surface area contributed by atoms with Crippen molar-refractivity contribution in [1.82, 2.24) is 20.1 Å². The second-order valence-corrected chi connectivity index (χ2v) is 10.2. The van der Waals surface area contributed by atoms with Crippen LogP contribution in [0.5, 0.6) is 0 Å². The molecule has 2 aliphatic heterocycles. The van der Waals surface area contributed by atoms with Gasteiger partial charge in [-0.05, 0) is 62.0 Å². The monoisotopic (exact) mass is 494 g/mol. The first-order chi connectivity index (χ1) is 16.7. The van der Waals surface area contributed by atoms with Crippen molar-refractivity contribution in [2.24, 2.45) is 0 Å². The first kappa shape index (κ1) is 23.4. The topological polar surface area (TPSA) is 53.8 Å². The third-order valence-corrected chi connectivity index (χ3v) is 7.59. The van der Waals surface area contributed by atoms with E-state index in [0.717, 1.165) is 72.4 Å². The lowest BCUT2D eigenvalue weighted by atomic mass is 10.0. The largest absolute Gasteiger partial charge is 0.452 e. The van der Waals surface area contributed by atoms with Gasteiger partial charge in [0, 0.05) is 37.3 Å². The second kappa shape index (κ2) is 10.9. The number of nitrogens with one attached hydrogen (secondary N) is 1. The molecule has 0 amide bonds. The molecular weight excluding hydrogens is 464 g/mol. The average Bonchev–Trinajstić information content (AvgIpc) is 3.46. The molecule has 2 aliphatic rings. The molecule has 0 radical (unpaired) electrons. The highest BCUT2D eigenvalue weighted by molar-refractivity contribution is 7.99. The summed E-state index contributed by atoms with van der Waals surface area (Å²) in [6.45, 7) is 7.64. The summed E-state index contributed by atoms with van der Waals surface area (Å²) in [6.07, 6.45) is 2.86. The molecule has 0 aliphatic carbocycles. The first-order valence-corrected chi connectivity index (χ1v) is 13.0. The quantitative estimate of drug-likeness (QED) is 0.447. The van der Waals surface area contributed by atoms with Gasteiger partial charge in [-0.15, -0.1) is 0 Å². The Morgan fingerprint density at radius 2 is 1.88 bits per heavy atom. The van der Waals surface area contributed by atoms with Crippen LogP contribution in [-0.2, 0) is 4.74 Å². The molecule has 0 bridgehead atoms. The van der Waals surface area contributed by atoms with Gasteiger partial charge in [0.2, 0.25) is 0 Å². The summed E-state index contributed by atoms with van der Waals surface area (Å²) in [7, 11) is 0. The summed E-state index contributed by atoms with van der Waals surface area (Å²) in [5, 5.41) is 5.15. The lowest BCUT2D eigenvalue weighted by Gasteiger charge is -2.29. The number of hydrogen-bond acceptors (Lipinski definition) is 6. The van der Waals surface area contributed by atoms with Crippen molar-refractivity contribution < 1.29 is 9.15 Å². The minimum Gasteiger partial charge on any atom is -0.452 e. The number of benzene rings is 1. The lowest BCUT2D eigenvalue weighted by Crippen LogP contribution is -2.38. The molecule has 6 nitrogen and oxygen atoms in total. The zero-order valence-electron chi connectivity index (χ0n) is 19.4. The molecule has 1 N–H and O–H groups in total. The van der Waals surface area contributed by atoms with Gasteiger partial charge in [-0.1, -0.05) is 35.5 Å². The summed E-state index contributed by atoms with van der Waals surface area (Å²) in [4.78, 5) is 10.5. The first-order valence-electron chi connectivity index (χ1n) is 11.8. The van der Waals surface area contributed by atoms with E-state index in [2.05, 4.69) is 69.5 Å². The zero-order valence-corrected chi connectivity index (χ0v) is 21.0. The van der Waals surface area contributed by atoms with Crippen LogP contribution < -0.4 is 5.32 Å². The Kier molecular flexibility index (Phi) is 7.49. The number of hydrogen-bond donors (Lipinski definition) is 1. The summed E-state index contributed by atoms with van der Waals surface area (Å²) < 4.78 is 11.9. The molecule has 3 aromatic rings. The maximum atomic E-state index is 6.40. The molecule has 2 aromatic heterocycles. The van der Waals surface area contributed by atoms with E-state index in [9.17, 15) is 0 Å². The fourth-order valence-corrected chi connectivity index (χ4v) is 5.63. The molecule has 4 heterocycles. The van der Waals surface area contributed by atoms with Crippen molar-refractivity contribution in [3.8, 4) is 0 Å². The van der Waals surface area contributed by atoms with E-state index < -0.39 is 0 Å². The predicted molar refractivity (Wildman–Crippen MR) is 138 cm³/mol. The van der Waals surface area contributed by atoms with Gasteiger partial charge in [0.15, 0.2) is 10.2 Å². The number of pyridine rings is 1. The number of aryl methyl sites for hydroxylation is 1. The Morgan fingerprint density at radius 1 is 1.06 bits per heavy atom. The molecule has 34 heavy (non-hydrogen) atoms. The maximum absolute atomic E-state index is 6.40. The maximum Gasteiger partial charge on any atom is 0.170 e. The molecule has 2 atom stereocenters. The Bertz CT molecular complexity index is 1080. The Morgan fingerprint density at radius 3 is 2.65 bits per heavy atom. The van der Waals surface area contributed by atoms with Crippen molar-refractivity contribution in [2.45, 2.75) is 35.4 Å². The Balaban J connectivity index is 1.35. The lowest BCUT2D eigenvalue weighted by molar-refractivity contribution is 0.0365. The van der Waals surface area contributed by atoms with E-state index in [1.54, 1.807) is 11.8 Å². The van der Waals surface area contributed by atoms with Crippen molar-refractivity contribution in [3.05, 3.63) is 77.8 Å². The summed E-state index contributed by atoms with van der Waals surface area (Å²) >= 11 is 7.43. The average molecular weight is 495 g/mol. The smallest absolute Gasteiger partial charge is 0.170 e. The van der Waals surface area contributed by atoms with Gasteiger partial charge < -0.3 is 19.4 Å². The molecule has 178 valence electrons. The molecule has 2 fully saturated rings. The van der Waals surface area contributed by atoms with Crippen molar-refractivity contribution >= 4 is 29.1 Å². The van der Waals surface area contributed by atoms with Gasteiger partial charge in [0.1, 0.15) is 11.8 Å². The van der Waals surface area contributed by atoms with Crippen LogP contribution in [0.15, 0.2) is 75.2 Å². The highest BCUT2D eigenvalue weighted by Gasteiger charge is 2.41. The number of furan rings is 1. The van der Waals surface area contributed by atoms with Crippen molar-refractivity contribution in [2.75, 3.05) is 39.4 Å². The third-order valence-electron chi connectivity index (χ3n) is 6.31. The van der Waals surface area contributed by atoms with E-state index in [-0.39, 0.29) is 12.1 Å². The van der Waals surface area contributed by atoms with Gasteiger partial charge in [-0.25, -0.2) is 0 Å². The van der Waals surface area contributed by atoms with Crippen LogP contribution in [0.4, 0.5) is 0 Å². The molecule has 8 heteroatoms. The van der Waals surface area contributed by atoms with Gasteiger partial charge in [0.05, 0.1) is 24.9 Å². The number of rotatable bonds is 8. The van der Waals surface area contributed by atoms with Gasteiger partial charge >= 0.3 is 0 Å². The molecule has 2 unspecified atom stereocenters. The molecule has 0 spiro atoms. The van der Waals surface area contributed by atoms with Gasteiger partial charge in [-0.2, -0.15) is 0 Å². The van der Waals surface area contributed by atoms with Crippen LogP contribution in [0.25, 0.3) is 0 Å². The van der Waals surface area contributed by atoms with Crippen LogP contribution in [0, 0.1) is 6.92 Å². The highest BCUT2D eigenvalue weighted by atomic mass is 32.2. The number of thiocarbonyl (C=S) groups is 1. The number of ether oxygens (including phenoxy) is 1. The summed E-state index contributed by atoms with van der Waals surface area (Å²) in [5.74, 6) is 0.906. The SMILES string of the molecule is Cc1ccc(Sc2ccc(C3C(c4ccccn4)NC(=S)N3CCCN3CCOCC3)o2)cc1. The van der Waals surface area contributed by atoms with Gasteiger partial charge in [0.25, 0.3) is 0 Å². The predicted octanol–water partition coefficient (Wildman–Crippen LogP) is 4.83. The fraction of sp³-hybridized carbons (Fsp3) is 0.385. The molecule has 1 aromatic carbocycles. The van der Waals surface area contributed by atoms with Crippen molar-refractivity contribution in [3.63, 3.8) is 0 Å². The minimum absolute atomic E-state index is 0.0422. The Labute approximate surface area is 210 Å². The molecule has 2 saturated heterocycles. The van der Waals surface area contributed by atoms with Crippen molar-refractivity contribution in [1.29, 1.82) is 0 Å². The Hall–Kier alpha value is -2.39. The highest BCUT2D eigenvalue weighted by Crippen LogP contribution is 2.41. The van der Waals surface area contributed by atoms with Crippen LogP contribution in [0.1, 0.15) is 35.5 Å². The van der Waals surface area contributed by atoms with E-state index >= 15 is 0 Å². The zero-order chi connectivity index (χ0) is 23.3. The molecule has 5 rings (SSSR count). The third kappa shape index (κ3) is 5.46. The summed E-state index contributed by atoms with van der Waals surface area (Å²) in [5.41, 5.74) is 2.22. The minimum atomic E-state index is -0.0551. The summed E-state index contributed by atoms with van der Waals surface area (Å²) in [6, 6.07) is 18.6. The standard InChI is InChI=1S/C26H30N4O2S2/c1-19-6-8-20(9-7-19)34-23-11-10-22(32-23)25-24(21-5-2-3-12-27-21)28-26(33)30(25)14-4-13-29-15-17-31-18-16-29/h2-3,5-12,24-25H,4,13-18H2,1H3,(H,28,33). The van der Waals surface area contributed by atoms with E-state index in [4.69, 9.17) is 21.4 Å². The van der Waals surface area contributed by atoms with Crippen LogP contribution in [0.3, 0.4) is 0 Å². The number of morpholine rings is 1. The number of nitrogens with zero attached hydrogens (tertiary/aromatic N) is 3. The van der Waals surface area contributed by atoms with Gasteiger partial charge in [-0.3, -0.25) is 9.88 Å². The number of aromatic nitrogens is 1. The van der Waals surface area contributed by atoms with E-state index in [1.807, 2.05) is 18.3 Å². The normalized spacial score (nSPS) is 21.1. The van der Waals surface area contributed by atoms with Crippen LogP contribution >= 0.6 is 24.0 Å². The van der Waals surface area contributed by atoms with Crippen LogP contribution in [-0.4, -0.2) is 59.3 Å². The van der Waals surface area contributed by atoms with E-state index in [1.165, 1.54) is 5.56 Å². The molecular formula is C26H30N4O2S2. The van der Waals surface area contributed by atoms with E-state index in [0.29, 0.717) is 0 Å². The second-order valence-electron chi connectivity index (χ2n) is 8.70. The fourth-order valence-electron chi connectivity index (χ4n) is 4.52. The molecule has 0 saturated carbocycles. The van der Waals surface area contributed by atoms with Crippen LogP contribution in [0.2, 0.25) is 0 Å².